The Balaban J connectivity index is 1.43. The van der Waals surface area contributed by atoms with E-state index < -0.39 is 11.9 Å². The topological polar surface area (TPSA) is 134 Å². The number of ether oxygens (including phenoxy) is 2. The molecule has 0 radical (unpaired) electrons. The fourth-order valence-electron chi connectivity index (χ4n) is 3.16. The maximum atomic E-state index is 12.4. The maximum Gasteiger partial charge on any atom is 0.348 e. The number of aromatic nitrogens is 2. The Kier molecular flexibility index (Phi) is 6.04. The molecule has 3 aromatic rings. The third-order valence-corrected chi connectivity index (χ3v) is 6.16. The largest absolute Gasteiger partial charge is 0.462 e. The van der Waals surface area contributed by atoms with Crippen LogP contribution in [0.3, 0.4) is 0 Å². The number of carbonyl (C=O) groups is 3. The Morgan fingerprint density at radius 2 is 1.84 bits per heavy atom. The number of rotatable bonds is 7. The van der Waals surface area contributed by atoms with Crippen molar-refractivity contribution in [1.82, 2.24) is 9.97 Å². The van der Waals surface area contributed by atoms with Gasteiger partial charge in [0.1, 0.15) is 15.5 Å². The number of nitrogens with one attached hydrogen (secondary N) is 1. The minimum absolute atomic E-state index is 0.000356. The highest BCUT2D eigenvalue weighted by atomic mass is 32.1. The minimum Gasteiger partial charge on any atom is -0.462 e. The molecule has 0 atom stereocenters. The lowest BCUT2D eigenvalue weighted by Crippen LogP contribution is -2.13. The number of benzene rings is 1. The number of nitrogens with zero attached hydrogens (tertiary/aromatic N) is 2. The first kappa shape index (κ1) is 21.7. The van der Waals surface area contributed by atoms with Crippen molar-refractivity contribution < 1.29 is 23.9 Å². The molecule has 0 saturated heterocycles. The van der Waals surface area contributed by atoms with Crippen molar-refractivity contribution >= 4 is 50.9 Å². The average molecular weight is 455 g/mol. The number of nitrogen functional groups attached to an aromatic ring is 1. The number of anilines is 2. The van der Waals surface area contributed by atoms with Crippen LogP contribution in [0.1, 0.15) is 51.2 Å². The normalized spacial score (nSPS) is 13.1. The molecule has 2 heterocycles. The predicted octanol–water partition coefficient (Wildman–Crippen LogP) is 3.46. The van der Waals surface area contributed by atoms with Crippen molar-refractivity contribution in [1.29, 1.82) is 0 Å². The highest BCUT2D eigenvalue weighted by molar-refractivity contribution is 7.20. The van der Waals surface area contributed by atoms with E-state index in [0.29, 0.717) is 31.9 Å². The lowest BCUT2D eigenvalue weighted by Gasteiger charge is -2.07. The summed E-state index contributed by atoms with van der Waals surface area (Å²) >= 11 is 1.16. The van der Waals surface area contributed by atoms with E-state index in [4.69, 9.17) is 15.2 Å². The van der Waals surface area contributed by atoms with Gasteiger partial charge in [-0.2, -0.15) is 0 Å². The second kappa shape index (κ2) is 8.91. The van der Waals surface area contributed by atoms with Crippen LogP contribution in [0.2, 0.25) is 0 Å². The molecule has 0 bridgehead atoms. The number of amides is 1. The molecular weight excluding hydrogens is 432 g/mol. The van der Waals surface area contributed by atoms with Gasteiger partial charge < -0.3 is 20.5 Å². The lowest BCUT2D eigenvalue weighted by molar-refractivity contribution is -0.117. The molecule has 32 heavy (non-hydrogen) atoms. The molecule has 1 aromatic carbocycles. The Morgan fingerprint density at radius 3 is 2.50 bits per heavy atom. The highest BCUT2D eigenvalue weighted by Gasteiger charge is 2.29. The van der Waals surface area contributed by atoms with Gasteiger partial charge in [-0.15, -0.1) is 11.3 Å². The Hall–Kier alpha value is -3.53. The van der Waals surface area contributed by atoms with Gasteiger partial charge in [0.15, 0.2) is 12.4 Å². The van der Waals surface area contributed by atoms with E-state index in [1.54, 1.807) is 38.1 Å². The molecule has 1 aliphatic carbocycles. The maximum absolute atomic E-state index is 12.4. The molecule has 3 N–H and O–H groups in total. The molecule has 0 unspecified atom stereocenters. The van der Waals surface area contributed by atoms with Crippen LogP contribution in [0.5, 0.6) is 0 Å². The number of esters is 2. The first-order chi connectivity index (χ1) is 15.4. The molecule has 166 valence electrons. The molecule has 1 aliphatic rings. The number of fused-ring (bicyclic) bond motifs is 1. The zero-order valence-corrected chi connectivity index (χ0v) is 18.5. The summed E-state index contributed by atoms with van der Waals surface area (Å²) in [6.07, 6.45) is 1.84. The van der Waals surface area contributed by atoms with Gasteiger partial charge in [-0.3, -0.25) is 4.79 Å². The Bertz CT molecular complexity index is 1200. The summed E-state index contributed by atoms with van der Waals surface area (Å²) in [5.74, 6) is -0.446. The quantitative estimate of drug-likeness (QED) is 0.519. The van der Waals surface area contributed by atoms with Gasteiger partial charge in [-0.1, -0.05) is 0 Å². The Morgan fingerprint density at radius 1 is 1.12 bits per heavy atom. The predicted molar refractivity (Wildman–Crippen MR) is 119 cm³/mol. The summed E-state index contributed by atoms with van der Waals surface area (Å²) in [6.45, 7) is 3.59. The van der Waals surface area contributed by atoms with Gasteiger partial charge >= 0.3 is 11.9 Å². The third-order valence-electron chi connectivity index (χ3n) is 4.99. The minimum atomic E-state index is -0.554. The third kappa shape index (κ3) is 4.54. The van der Waals surface area contributed by atoms with Crippen LogP contribution in [-0.2, 0) is 20.9 Å². The van der Waals surface area contributed by atoms with Crippen molar-refractivity contribution in [3.05, 3.63) is 46.1 Å². The van der Waals surface area contributed by atoms with Crippen LogP contribution in [0.4, 0.5) is 11.5 Å². The molecule has 9 nitrogen and oxygen atoms in total. The molecule has 1 fully saturated rings. The van der Waals surface area contributed by atoms with Gasteiger partial charge in [0.05, 0.1) is 17.6 Å². The van der Waals surface area contributed by atoms with Gasteiger partial charge in [0.25, 0.3) is 0 Å². The summed E-state index contributed by atoms with van der Waals surface area (Å²) in [4.78, 5) is 45.9. The van der Waals surface area contributed by atoms with E-state index >= 15 is 0 Å². The van der Waals surface area contributed by atoms with Crippen LogP contribution in [0, 0.1) is 12.8 Å². The second-order valence-corrected chi connectivity index (χ2v) is 8.40. The second-order valence-electron chi connectivity index (χ2n) is 7.40. The molecule has 0 aliphatic heterocycles. The average Bonchev–Trinajstić information content (AvgIpc) is 3.56. The number of carbonyl (C=O) groups excluding carboxylic acids is 3. The van der Waals surface area contributed by atoms with Gasteiger partial charge in [0, 0.05) is 11.6 Å². The zero-order valence-electron chi connectivity index (χ0n) is 17.6. The monoisotopic (exact) mass is 454 g/mol. The van der Waals surface area contributed by atoms with Crippen molar-refractivity contribution in [2.45, 2.75) is 33.3 Å². The highest BCUT2D eigenvalue weighted by Crippen LogP contribution is 2.33. The fourth-order valence-corrected chi connectivity index (χ4v) is 4.27. The smallest absolute Gasteiger partial charge is 0.348 e. The van der Waals surface area contributed by atoms with E-state index in [9.17, 15) is 14.4 Å². The number of thiophene rings is 1. The summed E-state index contributed by atoms with van der Waals surface area (Å²) in [5, 5.41) is 3.41. The molecule has 2 aromatic heterocycles. The van der Waals surface area contributed by atoms with Crippen molar-refractivity contribution in [2.24, 2.45) is 5.92 Å². The van der Waals surface area contributed by atoms with E-state index in [1.807, 2.05) is 0 Å². The van der Waals surface area contributed by atoms with E-state index in [-0.39, 0.29) is 36.7 Å². The number of hydrogen-bond donors (Lipinski definition) is 2. The van der Waals surface area contributed by atoms with Gasteiger partial charge in [-0.25, -0.2) is 19.6 Å². The van der Waals surface area contributed by atoms with E-state index in [2.05, 4.69) is 15.3 Å². The van der Waals surface area contributed by atoms with Crippen LogP contribution < -0.4 is 11.1 Å². The summed E-state index contributed by atoms with van der Waals surface area (Å²) in [6, 6.07) is 6.47. The van der Waals surface area contributed by atoms with E-state index in [1.165, 1.54) is 0 Å². The molecule has 0 spiro atoms. The zero-order chi connectivity index (χ0) is 22.8. The van der Waals surface area contributed by atoms with Crippen LogP contribution in [0.15, 0.2) is 24.3 Å². The fraction of sp³-hybridized carbons (Fsp3) is 0.318. The number of nitrogens with two attached hydrogens (primary N) is 1. The Labute approximate surface area is 187 Å². The summed E-state index contributed by atoms with van der Waals surface area (Å²) in [5.41, 5.74) is 7.70. The van der Waals surface area contributed by atoms with Crippen LogP contribution >= 0.6 is 11.3 Å². The molecule has 1 saturated carbocycles. The molecule has 10 heteroatoms. The number of aryl methyl sites for hydroxylation is 1. The van der Waals surface area contributed by atoms with Crippen molar-refractivity contribution in [3.8, 4) is 0 Å². The summed E-state index contributed by atoms with van der Waals surface area (Å²) < 4.78 is 10.4. The molecular formula is C22H22N4O5S. The SMILES string of the molecule is CCOC(=O)c1sc2nc(COC(=O)c3ccc(NC(=O)C4CC4)cc3)nc(N)c2c1C. The van der Waals surface area contributed by atoms with Crippen molar-refractivity contribution in [2.75, 3.05) is 17.7 Å². The summed E-state index contributed by atoms with van der Waals surface area (Å²) in [7, 11) is 0. The standard InChI is InChI=1S/C22H22N4O5S/c1-3-30-22(29)17-11(2)16-18(23)25-15(26-20(16)32-17)10-31-21(28)13-6-8-14(9-7-13)24-19(27)12-4-5-12/h6-9,12H,3-5,10H2,1-2H3,(H,24,27)(H2,23,25,26). The molecule has 4 rings (SSSR count). The number of hydrogen-bond acceptors (Lipinski definition) is 9. The van der Waals surface area contributed by atoms with Crippen molar-refractivity contribution in [3.63, 3.8) is 0 Å². The lowest BCUT2D eigenvalue weighted by atomic mass is 10.2. The van der Waals surface area contributed by atoms with Crippen LogP contribution in [0.25, 0.3) is 10.2 Å². The first-order valence-electron chi connectivity index (χ1n) is 10.2. The first-order valence-corrected chi connectivity index (χ1v) is 11.0. The molecule has 1 amide bonds. The van der Waals surface area contributed by atoms with Crippen LogP contribution in [-0.4, -0.2) is 34.4 Å². The van der Waals surface area contributed by atoms with Gasteiger partial charge in [-0.05, 0) is 56.5 Å². The van der Waals surface area contributed by atoms with E-state index in [0.717, 1.165) is 24.2 Å². The van der Waals surface area contributed by atoms with Gasteiger partial charge in [0.2, 0.25) is 5.91 Å².